The van der Waals surface area contributed by atoms with Crippen LogP contribution in [0.25, 0.3) is 0 Å². The average Bonchev–Trinajstić information content (AvgIpc) is 2.54. The highest BCUT2D eigenvalue weighted by Crippen LogP contribution is 2.18. The van der Waals surface area contributed by atoms with Crippen molar-refractivity contribution in [2.75, 3.05) is 27.2 Å². The van der Waals surface area contributed by atoms with Crippen molar-refractivity contribution in [1.82, 2.24) is 9.21 Å². The van der Waals surface area contributed by atoms with Gasteiger partial charge < -0.3 is 9.64 Å². The first-order valence-corrected chi connectivity index (χ1v) is 9.11. The van der Waals surface area contributed by atoms with Crippen LogP contribution >= 0.6 is 0 Å². The van der Waals surface area contributed by atoms with Gasteiger partial charge in [0, 0.05) is 27.2 Å². The van der Waals surface area contributed by atoms with E-state index in [2.05, 4.69) is 0 Å². The molecule has 8 heteroatoms. The molecule has 0 heterocycles. The number of sulfonamides is 1. The highest BCUT2D eigenvalue weighted by Gasteiger charge is 2.24. The van der Waals surface area contributed by atoms with E-state index >= 15 is 0 Å². The van der Waals surface area contributed by atoms with Gasteiger partial charge in [-0.15, -0.1) is 0 Å². The number of esters is 1. The van der Waals surface area contributed by atoms with Crippen LogP contribution in [0.5, 0.6) is 0 Å². The monoisotopic (exact) mass is 356 g/mol. The number of hydrogen-bond donors (Lipinski definition) is 0. The zero-order valence-electron chi connectivity index (χ0n) is 14.6. The fourth-order valence-electron chi connectivity index (χ4n) is 2.14. The maximum Gasteiger partial charge on any atom is 0.338 e. The lowest BCUT2D eigenvalue weighted by Gasteiger charge is -2.19. The molecule has 1 aromatic carbocycles. The van der Waals surface area contributed by atoms with Crippen LogP contribution in [0.4, 0.5) is 0 Å². The molecule has 0 saturated carbocycles. The van der Waals surface area contributed by atoms with E-state index in [1.165, 1.54) is 40.4 Å². The molecular weight excluding hydrogens is 332 g/mol. The smallest absolute Gasteiger partial charge is 0.338 e. The molecule has 7 nitrogen and oxygen atoms in total. The van der Waals surface area contributed by atoms with E-state index in [0.717, 1.165) is 0 Å². The first-order valence-electron chi connectivity index (χ1n) is 7.67. The molecule has 0 aromatic heterocycles. The lowest BCUT2D eigenvalue weighted by atomic mass is 10.2. The van der Waals surface area contributed by atoms with E-state index in [9.17, 15) is 18.0 Å². The Labute approximate surface area is 143 Å². The van der Waals surface area contributed by atoms with E-state index in [-0.39, 0.29) is 16.4 Å². The van der Waals surface area contributed by atoms with Gasteiger partial charge in [-0.2, -0.15) is 4.31 Å². The Morgan fingerprint density at radius 2 is 1.75 bits per heavy atom. The number of likely N-dealkylation sites (N-methyl/N-ethyl adjacent to an activating group) is 1. The number of carbonyl (C=O) groups is 2. The summed E-state index contributed by atoms with van der Waals surface area (Å²) in [7, 11) is -0.546. The van der Waals surface area contributed by atoms with Gasteiger partial charge in [-0.25, -0.2) is 13.2 Å². The molecule has 0 saturated heterocycles. The van der Waals surface area contributed by atoms with E-state index < -0.39 is 22.1 Å². The summed E-state index contributed by atoms with van der Waals surface area (Å²) in [6.45, 7) is 5.63. The Morgan fingerprint density at radius 3 is 2.25 bits per heavy atom. The molecule has 0 bridgehead atoms. The number of ether oxygens (including phenoxy) is 1. The van der Waals surface area contributed by atoms with Gasteiger partial charge in [-0.3, -0.25) is 4.79 Å². The molecule has 1 atom stereocenters. The van der Waals surface area contributed by atoms with Crippen LogP contribution in [-0.4, -0.2) is 62.8 Å². The Bertz CT molecular complexity index is 696. The van der Waals surface area contributed by atoms with Crippen LogP contribution in [0.15, 0.2) is 29.2 Å². The van der Waals surface area contributed by atoms with Gasteiger partial charge in [0.15, 0.2) is 6.10 Å². The molecule has 1 rings (SSSR count). The normalized spacial score (nSPS) is 12.8. The van der Waals surface area contributed by atoms with Gasteiger partial charge in [0.25, 0.3) is 5.91 Å². The summed E-state index contributed by atoms with van der Waals surface area (Å²) in [5.41, 5.74) is 0.0848. The second-order valence-electron chi connectivity index (χ2n) is 5.40. The van der Waals surface area contributed by atoms with Gasteiger partial charge in [-0.1, -0.05) is 19.9 Å². The van der Waals surface area contributed by atoms with E-state index in [1.807, 2.05) is 0 Å². The van der Waals surface area contributed by atoms with Crippen molar-refractivity contribution < 1.29 is 22.7 Å². The summed E-state index contributed by atoms with van der Waals surface area (Å²) in [6.07, 6.45) is -0.949. The molecule has 0 aliphatic rings. The minimum Gasteiger partial charge on any atom is -0.449 e. The predicted molar refractivity (Wildman–Crippen MR) is 90.1 cm³/mol. The van der Waals surface area contributed by atoms with Crippen molar-refractivity contribution in [2.24, 2.45) is 0 Å². The number of benzene rings is 1. The van der Waals surface area contributed by atoms with Crippen LogP contribution in [0, 0.1) is 0 Å². The third-order valence-corrected chi connectivity index (χ3v) is 5.53. The molecule has 0 N–H and O–H groups in total. The van der Waals surface area contributed by atoms with Crippen molar-refractivity contribution in [1.29, 1.82) is 0 Å². The third kappa shape index (κ3) is 4.55. The first kappa shape index (κ1) is 20.1. The highest BCUT2D eigenvalue weighted by molar-refractivity contribution is 7.89. The summed E-state index contributed by atoms with van der Waals surface area (Å²) in [4.78, 5) is 25.3. The standard InChI is InChI=1S/C16H24N2O5S/c1-6-18(7-2)24(21,22)14-10-8-9-13(11-14)16(20)23-12(3)15(19)17(4)5/h8-12H,6-7H2,1-5H3/t12-/m1/s1. The molecule has 1 aromatic rings. The van der Waals surface area contributed by atoms with Crippen molar-refractivity contribution in [3.05, 3.63) is 29.8 Å². The molecule has 24 heavy (non-hydrogen) atoms. The summed E-state index contributed by atoms with van der Waals surface area (Å²) in [6, 6.07) is 5.63. The zero-order valence-corrected chi connectivity index (χ0v) is 15.5. The fourth-order valence-corrected chi connectivity index (χ4v) is 3.64. The molecular formula is C16H24N2O5S. The van der Waals surface area contributed by atoms with Crippen LogP contribution in [0.2, 0.25) is 0 Å². The summed E-state index contributed by atoms with van der Waals surface area (Å²) < 4.78 is 31.4. The van der Waals surface area contributed by atoms with Crippen molar-refractivity contribution in [3.8, 4) is 0 Å². The molecule has 0 radical (unpaired) electrons. The molecule has 134 valence electrons. The summed E-state index contributed by atoms with van der Waals surface area (Å²) in [5.74, 6) is -1.09. The molecule has 1 amide bonds. The van der Waals surface area contributed by atoms with Crippen LogP contribution in [0.3, 0.4) is 0 Å². The Kier molecular flexibility index (Phi) is 6.92. The van der Waals surface area contributed by atoms with Gasteiger partial charge in [0.2, 0.25) is 10.0 Å². The number of carbonyl (C=O) groups excluding carboxylic acids is 2. The zero-order chi connectivity index (χ0) is 18.5. The van der Waals surface area contributed by atoms with Crippen LogP contribution < -0.4 is 0 Å². The van der Waals surface area contributed by atoms with Gasteiger partial charge in [0.05, 0.1) is 10.5 Å². The average molecular weight is 356 g/mol. The van der Waals surface area contributed by atoms with Crippen LogP contribution in [-0.2, 0) is 19.6 Å². The highest BCUT2D eigenvalue weighted by atomic mass is 32.2. The quantitative estimate of drug-likeness (QED) is 0.689. The summed E-state index contributed by atoms with van der Waals surface area (Å²) >= 11 is 0. The Hall–Kier alpha value is -1.93. The maximum atomic E-state index is 12.5. The lowest BCUT2D eigenvalue weighted by Crippen LogP contribution is -2.35. The van der Waals surface area contributed by atoms with Gasteiger partial charge >= 0.3 is 5.97 Å². The molecule has 0 spiro atoms. The Balaban J connectivity index is 3.04. The second kappa shape index (κ2) is 8.25. The third-order valence-electron chi connectivity index (χ3n) is 3.49. The summed E-state index contributed by atoms with van der Waals surface area (Å²) in [5, 5.41) is 0. The van der Waals surface area contributed by atoms with Crippen molar-refractivity contribution in [2.45, 2.75) is 31.8 Å². The molecule has 0 aliphatic carbocycles. The first-order chi connectivity index (χ1) is 11.1. The SMILES string of the molecule is CCN(CC)S(=O)(=O)c1cccc(C(=O)O[C@H](C)C(=O)N(C)C)c1. The second-order valence-corrected chi connectivity index (χ2v) is 7.34. The largest absolute Gasteiger partial charge is 0.449 e. The number of amides is 1. The van der Waals surface area contributed by atoms with Gasteiger partial charge in [-0.05, 0) is 25.1 Å². The predicted octanol–water partition coefficient (Wildman–Crippen LogP) is 1.35. The number of rotatable bonds is 7. The van der Waals surface area contributed by atoms with Gasteiger partial charge in [0.1, 0.15) is 0 Å². The van der Waals surface area contributed by atoms with E-state index in [1.54, 1.807) is 27.9 Å². The number of nitrogens with zero attached hydrogens (tertiary/aromatic N) is 2. The van der Waals surface area contributed by atoms with Crippen molar-refractivity contribution >= 4 is 21.9 Å². The van der Waals surface area contributed by atoms with Crippen LogP contribution in [0.1, 0.15) is 31.1 Å². The minimum absolute atomic E-state index is 0.0206. The lowest BCUT2D eigenvalue weighted by molar-refractivity contribution is -0.137. The van der Waals surface area contributed by atoms with E-state index in [0.29, 0.717) is 13.1 Å². The molecule has 0 fully saturated rings. The number of hydrogen-bond acceptors (Lipinski definition) is 5. The molecule has 0 unspecified atom stereocenters. The molecule has 0 aliphatic heterocycles. The maximum absolute atomic E-state index is 12.5. The van der Waals surface area contributed by atoms with Crippen molar-refractivity contribution in [3.63, 3.8) is 0 Å². The topological polar surface area (TPSA) is 84.0 Å². The fraction of sp³-hybridized carbons (Fsp3) is 0.500. The minimum atomic E-state index is -3.67. The Morgan fingerprint density at radius 1 is 1.17 bits per heavy atom. The van der Waals surface area contributed by atoms with E-state index in [4.69, 9.17) is 4.74 Å².